The predicted octanol–water partition coefficient (Wildman–Crippen LogP) is 5.13. The SMILES string of the molecule is CNC(=O)OC(C/C=C\NC(=O)C(NC(O)/C=C/C=C\C(C)=C\C(C)C1CC=C(OC)C(=O)O1)C(C)(C)C)C/C=C(\C)Cl. The molecule has 240 valence electrons. The van der Waals surface area contributed by atoms with Crippen LogP contribution in [0.4, 0.5) is 4.79 Å². The van der Waals surface area contributed by atoms with Crippen LogP contribution in [0, 0.1) is 11.3 Å². The van der Waals surface area contributed by atoms with E-state index in [1.807, 2.05) is 46.8 Å². The Labute approximate surface area is 260 Å². The molecule has 0 aromatic heterocycles. The molecular formula is C32H48ClN3O7. The first-order chi connectivity index (χ1) is 20.2. The number of rotatable bonds is 15. The number of cyclic esters (lactones) is 1. The summed E-state index contributed by atoms with van der Waals surface area (Å²) in [4.78, 5) is 36.5. The smallest absolute Gasteiger partial charge is 0.407 e. The number of hydrogen-bond acceptors (Lipinski definition) is 8. The molecule has 10 nitrogen and oxygen atoms in total. The quantitative estimate of drug-likeness (QED) is 0.112. The molecule has 0 spiro atoms. The van der Waals surface area contributed by atoms with Crippen LogP contribution in [0.2, 0.25) is 0 Å². The molecule has 2 amide bonds. The molecule has 1 rings (SSSR count). The molecular weight excluding hydrogens is 574 g/mol. The van der Waals surface area contributed by atoms with Crippen molar-refractivity contribution in [1.82, 2.24) is 16.0 Å². The highest BCUT2D eigenvalue weighted by molar-refractivity contribution is 6.29. The largest absolute Gasteiger partial charge is 0.490 e. The Balaban J connectivity index is 2.71. The van der Waals surface area contributed by atoms with E-state index in [4.69, 9.17) is 25.8 Å². The molecule has 1 aliphatic rings. The van der Waals surface area contributed by atoms with Crippen LogP contribution in [0.5, 0.6) is 0 Å². The van der Waals surface area contributed by atoms with Crippen LogP contribution in [0.1, 0.15) is 60.8 Å². The second kappa shape index (κ2) is 19.0. The lowest BCUT2D eigenvalue weighted by Gasteiger charge is -2.31. The van der Waals surface area contributed by atoms with Gasteiger partial charge in [-0.3, -0.25) is 10.1 Å². The van der Waals surface area contributed by atoms with E-state index >= 15 is 0 Å². The van der Waals surface area contributed by atoms with Gasteiger partial charge in [0.2, 0.25) is 5.91 Å². The molecule has 0 saturated heterocycles. The highest BCUT2D eigenvalue weighted by Gasteiger charge is 2.32. The van der Waals surface area contributed by atoms with Gasteiger partial charge in [-0.05, 0) is 37.6 Å². The van der Waals surface area contributed by atoms with Gasteiger partial charge in [0, 0.05) is 37.3 Å². The van der Waals surface area contributed by atoms with E-state index in [1.165, 1.54) is 20.4 Å². The first-order valence-electron chi connectivity index (χ1n) is 14.3. The highest BCUT2D eigenvalue weighted by atomic mass is 35.5. The van der Waals surface area contributed by atoms with Gasteiger partial charge in [-0.15, -0.1) is 0 Å². The minimum atomic E-state index is -1.08. The Morgan fingerprint density at radius 1 is 1.23 bits per heavy atom. The van der Waals surface area contributed by atoms with Crippen molar-refractivity contribution >= 4 is 29.6 Å². The van der Waals surface area contributed by atoms with E-state index in [9.17, 15) is 19.5 Å². The molecule has 0 bridgehead atoms. The molecule has 1 heterocycles. The van der Waals surface area contributed by atoms with E-state index in [0.29, 0.717) is 24.3 Å². The minimum absolute atomic E-state index is 0.000487. The lowest BCUT2D eigenvalue weighted by molar-refractivity contribution is -0.151. The molecule has 0 saturated carbocycles. The van der Waals surface area contributed by atoms with Gasteiger partial charge < -0.3 is 30.0 Å². The Kier molecular flexibility index (Phi) is 16.7. The zero-order valence-electron chi connectivity index (χ0n) is 26.5. The molecule has 5 atom stereocenters. The van der Waals surface area contributed by atoms with E-state index in [1.54, 1.807) is 43.4 Å². The van der Waals surface area contributed by atoms with Gasteiger partial charge in [0.25, 0.3) is 0 Å². The van der Waals surface area contributed by atoms with Crippen molar-refractivity contribution in [1.29, 1.82) is 0 Å². The van der Waals surface area contributed by atoms with Crippen molar-refractivity contribution in [3.05, 3.63) is 71.2 Å². The van der Waals surface area contributed by atoms with Crippen LogP contribution in [-0.2, 0) is 23.8 Å². The summed E-state index contributed by atoms with van der Waals surface area (Å²) in [5.74, 6) is -0.550. The number of aliphatic hydroxyl groups excluding tert-OH is 1. The maximum absolute atomic E-state index is 13.0. The fourth-order valence-electron chi connectivity index (χ4n) is 4.08. The lowest BCUT2D eigenvalue weighted by Crippen LogP contribution is -2.53. The minimum Gasteiger partial charge on any atom is -0.490 e. The van der Waals surface area contributed by atoms with Crippen molar-refractivity contribution in [2.24, 2.45) is 11.3 Å². The molecule has 4 N–H and O–H groups in total. The number of carbonyl (C=O) groups is 3. The van der Waals surface area contributed by atoms with Gasteiger partial charge in [-0.1, -0.05) is 81.3 Å². The standard InChI is InChI=1S/C32H48ClN3O7/c1-21(20-22(2)25-17-18-26(41-8)30(39)43-25)12-9-10-14-27(37)36-28(32(4,5)6)29(38)35-19-11-13-24(16-15-23(3)33)42-31(40)34-7/h9-12,14-15,18-20,22,24-25,27-28,36-37H,13,16-17H2,1-8H3,(H,34,40)(H,35,38)/b12-9-,14-10+,19-11-,21-20+,23-15+. The number of carbonyl (C=O) groups excluding carboxylic acids is 3. The Morgan fingerprint density at radius 3 is 2.51 bits per heavy atom. The summed E-state index contributed by atoms with van der Waals surface area (Å²) >= 11 is 5.90. The Hall–Kier alpha value is -3.34. The summed E-state index contributed by atoms with van der Waals surface area (Å²) in [6.07, 6.45) is 14.6. The number of alkyl carbamates (subject to hydrolysis) is 1. The number of esters is 1. The van der Waals surface area contributed by atoms with Gasteiger partial charge in [-0.2, -0.15) is 0 Å². The summed E-state index contributed by atoms with van der Waals surface area (Å²) in [5.41, 5.74) is 0.459. The number of nitrogens with one attached hydrogen (secondary N) is 3. The summed E-state index contributed by atoms with van der Waals surface area (Å²) in [6, 6.07) is -0.714. The first-order valence-corrected chi connectivity index (χ1v) is 14.6. The van der Waals surface area contributed by atoms with Crippen LogP contribution < -0.4 is 16.0 Å². The third kappa shape index (κ3) is 15.1. The zero-order chi connectivity index (χ0) is 32.6. The fourth-order valence-corrected chi connectivity index (χ4v) is 4.17. The van der Waals surface area contributed by atoms with Crippen molar-refractivity contribution in [2.45, 2.75) is 85.3 Å². The third-order valence-electron chi connectivity index (χ3n) is 6.44. The topological polar surface area (TPSA) is 135 Å². The van der Waals surface area contributed by atoms with Crippen LogP contribution >= 0.6 is 11.6 Å². The molecule has 11 heteroatoms. The molecule has 0 fully saturated rings. The fraction of sp³-hybridized carbons (Fsp3) is 0.531. The number of amides is 2. The predicted molar refractivity (Wildman–Crippen MR) is 169 cm³/mol. The number of halogens is 1. The maximum atomic E-state index is 13.0. The number of methoxy groups -OCH3 is 1. The summed E-state index contributed by atoms with van der Waals surface area (Å²) in [6.45, 7) is 11.3. The highest BCUT2D eigenvalue weighted by Crippen LogP contribution is 2.23. The van der Waals surface area contributed by atoms with E-state index < -0.39 is 35.9 Å². The number of ether oxygens (including phenoxy) is 3. The second-order valence-electron chi connectivity index (χ2n) is 11.3. The first kappa shape index (κ1) is 37.7. The zero-order valence-corrected chi connectivity index (χ0v) is 27.2. The van der Waals surface area contributed by atoms with Crippen molar-refractivity contribution in [3.63, 3.8) is 0 Å². The molecule has 1 aliphatic heterocycles. The average molecular weight is 622 g/mol. The molecule has 5 unspecified atom stereocenters. The van der Waals surface area contributed by atoms with Crippen LogP contribution in [-0.4, -0.2) is 61.7 Å². The van der Waals surface area contributed by atoms with Gasteiger partial charge in [0.1, 0.15) is 18.4 Å². The average Bonchev–Trinajstić information content (AvgIpc) is 2.93. The number of aliphatic hydroxyl groups is 1. The van der Waals surface area contributed by atoms with Crippen molar-refractivity contribution < 1.29 is 33.7 Å². The second-order valence-corrected chi connectivity index (χ2v) is 11.9. The van der Waals surface area contributed by atoms with Crippen LogP contribution in [0.3, 0.4) is 0 Å². The van der Waals surface area contributed by atoms with Gasteiger partial charge >= 0.3 is 12.1 Å². The number of hydrogen-bond donors (Lipinski definition) is 4. The third-order valence-corrected chi connectivity index (χ3v) is 6.59. The van der Waals surface area contributed by atoms with Crippen LogP contribution in [0.15, 0.2) is 71.2 Å². The molecule has 43 heavy (non-hydrogen) atoms. The van der Waals surface area contributed by atoms with Gasteiger partial charge in [-0.25, -0.2) is 9.59 Å². The number of allylic oxidation sites excluding steroid dienone is 5. The van der Waals surface area contributed by atoms with Gasteiger partial charge in [0.15, 0.2) is 5.76 Å². The van der Waals surface area contributed by atoms with E-state index in [-0.39, 0.29) is 23.7 Å². The monoisotopic (exact) mass is 621 g/mol. The van der Waals surface area contributed by atoms with E-state index in [0.717, 1.165) is 5.57 Å². The van der Waals surface area contributed by atoms with Crippen molar-refractivity contribution in [2.75, 3.05) is 14.2 Å². The van der Waals surface area contributed by atoms with E-state index in [2.05, 4.69) is 16.0 Å². The molecule has 0 aromatic carbocycles. The molecule has 0 radical (unpaired) electrons. The Morgan fingerprint density at radius 2 is 1.93 bits per heavy atom. The van der Waals surface area contributed by atoms with Crippen molar-refractivity contribution in [3.8, 4) is 0 Å². The summed E-state index contributed by atoms with van der Waals surface area (Å²) in [5, 5.41) is 19.3. The van der Waals surface area contributed by atoms with Crippen LogP contribution in [0.25, 0.3) is 0 Å². The summed E-state index contributed by atoms with van der Waals surface area (Å²) < 4.78 is 15.8. The summed E-state index contributed by atoms with van der Waals surface area (Å²) in [7, 11) is 2.92. The Bertz CT molecular complexity index is 1110. The molecule has 0 aromatic rings. The molecule has 0 aliphatic carbocycles. The lowest BCUT2D eigenvalue weighted by atomic mass is 9.86. The normalized spacial score (nSPS) is 19.5. The maximum Gasteiger partial charge on any atom is 0.407 e. The van der Waals surface area contributed by atoms with Gasteiger partial charge in [0.05, 0.1) is 13.2 Å².